The molecule has 0 bridgehead atoms. The van der Waals surface area contributed by atoms with Crippen molar-refractivity contribution in [3.63, 3.8) is 0 Å². The lowest BCUT2D eigenvalue weighted by atomic mass is 9.92. The molecule has 432 valence electrons. The maximum absolute atomic E-state index is 14.3. The molecule has 20 heteroatoms. The number of hydrogen-bond donors (Lipinski definition) is 8. The van der Waals surface area contributed by atoms with Crippen LogP contribution in [0.25, 0.3) is 10.8 Å². The van der Waals surface area contributed by atoms with E-state index in [9.17, 15) is 9.59 Å². The molecular weight excluding hydrogens is 1000 g/mol. The van der Waals surface area contributed by atoms with Crippen LogP contribution in [0.3, 0.4) is 0 Å². The molecular formula is C60H90N18O2. The van der Waals surface area contributed by atoms with Crippen molar-refractivity contribution in [2.24, 2.45) is 0 Å². The van der Waals surface area contributed by atoms with Crippen molar-refractivity contribution in [1.29, 1.82) is 0 Å². The third kappa shape index (κ3) is 19.0. The molecule has 80 heavy (non-hydrogen) atoms. The summed E-state index contributed by atoms with van der Waals surface area (Å²) in [7, 11) is 0. The van der Waals surface area contributed by atoms with Gasteiger partial charge in [0.05, 0.1) is 0 Å². The molecule has 20 nitrogen and oxygen atoms in total. The Hall–Kier alpha value is -7.26. The van der Waals surface area contributed by atoms with Crippen molar-refractivity contribution in [3.05, 3.63) is 95.1 Å². The first-order valence-corrected chi connectivity index (χ1v) is 29.2. The number of nitrogens with one attached hydrogen (secondary N) is 8. The monoisotopic (exact) mass is 1090 g/mol. The van der Waals surface area contributed by atoms with Gasteiger partial charge in [-0.25, -0.2) is 0 Å². The molecule has 0 saturated carbocycles. The molecule has 0 spiro atoms. The Morgan fingerprint density at radius 3 is 0.887 bits per heavy atom. The first kappa shape index (κ1) is 61.9. The van der Waals surface area contributed by atoms with E-state index in [2.05, 4.69) is 127 Å². The fraction of sp³-hybridized carbons (Fsp3) is 0.500. The number of carbonyl (C=O) groups excluding carboxylic acids is 2. The molecule has 0 fully saturated rings. The summed E-state index contributed by atoms with van der Waals surface area (Å²) in [5.41, 5.74) is 5.31. The highest BCUT2D eigenvalue weighted by Crippen LogP contribution is 2.31. The number of aromatic nitrogens is 6. The third-order valence-corrected chi connectivity index (χ3v) is 14.4. The predicted molar refractivity (Wildman–Crippen MR) is 332 cm³/mol. The Kier molecular flexibility index (Phi) is 25.3. The Balaban J connectivity index is 1.13. The molecule has 2 amide bonds. The lowest BCUT2D eigenvalue weighted by molar-refractivity contribution is 0.102. The quantitative estimate of drug-likeness (QED) is 0.0172. The van der Waals surface area contributed by atoms with Gasteiger partial charge in [-0.05, 0) is 195 Å². The van der Waals surface area contributed by atoms with Crippen LogP contribution in [0, 0.1) is 13.8 Å². The number of anilines is 10. The molecule has 4 aromatic carbocycles. The van der Waals surface area contributed by atoms with Gasteiger partial charge in [-0.3, -0.25) is 9.59 Å². The molecule has 2 heterocycles. The summed E-state index contributed by atoms with van der Waals surface area (Å²) < 4.78 is 0. The van der Waals surface area contributed by atoms with E-state index in [1.165, 1.54) is 0 Å². The van der Waals surface area contributed by atoms with Gasteiger partial charge >= 0.3 is 0 Å². The van der Waals surface area contributed by atoms with E-state index < -0.39 is 0 Å². The van der Waals surface area contributed by atoms with E-state index in [0.29, 0.717) is 63.6 Å². The maximum Gasteiger partial charge on any atom is 0.256 e. The number of nitrogens with zero attached hydrogens (tertiary/aromatic N) is 10. The average Bonchev–Trinajstić information content (AvgIpc) is 3.51. The topological polar surface area (TPSA) is 221 Å². The lowest BCUT2D eigenvalue weighted by Crippen LogP contribution is -2.26. The Morgan fingerprint density at radius 2 is 0.613 bits per heavy atom. The van der Waals surface area contributed by atoms with Crippen LogP contribution in [0.5, 0.6) is 0 Å². The lowest BCUT2D eigenvalue weighted by Gasteiger charge is -2.18. The third-order valence-electron chi connectivity index (χ3n) is 14.4. The summed E-state index contributed by atoms with van der Waals surface area (Å²) in [5.74, 6) is 2.08. The van der Waals surface area contributed by atoms with Gasteiger partial charge in [-0.2, -0.15) is 29.9 Å². The highest BCUT2D eigenvalue weighted by atomic mass is 16.2. The van der Waals surface area contributed by atoms with Crippen molar-refractivity contribution >= 4 is 81.0 Å². The molecule has 0 aliphatic heterocycles. The zero-order valence-electron chi connectivity index (χ0n) is 49.4. The number of rotatable bonds is 36. The van der Waals surface area contributed by atoms with E-state index >= 15 is 0 Å². The number of benzene rings is 4. The Morgan fingerprint density at radius 1 is 0.350 bits per heavy atom. The van der Waals surface area contributed by atoms with E-state index in [1.807, 2.05) is 74.5 Å². The van der Waals surface area contributed by atoms with Gasteiger partial charge < -0.3 is 62.1 Å². The fourth-order valence-corrected chi connectivity index (χ4v) is 9.53. The van der Waals surface area contributed by atoms with Crippen molar-refractivity contribution in [3.8, 4) is 0 Å². The molecule has 0 saturated heterocycles. The normalized spacial score (nSPS) is 11.4. The maximum atomic E-state index is 14.3. The zero-order valence-corrected chi connectivity index (χ0v) is 49.4. The van der Waals surface area contributed by atoms with Crippen LogP contribution < -0.4 is 42.5 Å². The number of amides is 2. The van der Waals surface area contributed by atoms with Crippen LogP contribution in [0.2, 0.25) is 0 Å². The molecule has 0 radical (unpaired) electrons. The summed E-state index contributed by atoms with van der Waals surface area (Å²) in [6.45, 7) is 36.4. The molecule has 8 N–H and O–H groups in total. The minimum atomic E-state index is -0.342. The highest BCUT2D eigenvalue weighted by molar-refractivity contribution is 6.21. The average molecular weight is 1100 g/mol. The second-order valence-electron chi connectivity index (χ2n) is 19.8. The molecule has 0 aliphatic carbocycles. The fourth-order valence-electron chi connectivity index (χ4n) is 9.53. The summed E-state index contributed by atoms with van der Waals surface area (Å²) >= 11 is 0. The highest BCUT2D eigenvalue weighted by Gasteiger charge is 2.21. The first-order chi connectivity index (χ1) is 38.9. The van der Waals surface area contributed by atoms with Gasteiger partial charge in [0.2, 0.25) is 35.7 Å². The molecule has 2 aromatic heterocycles. The summed E-state index contributed by atoms with van der Waals surface area (Å²) in [6.07, 6.45) is 3.82. The van der Waals surface area contributed by atoms with Crippen LogP contribution in [0.1, 0.15) is 113 Å². The van der Waals surface area contributed by atoms with Crippen molar-refractivity contribution in [1.82, 2.24) is 49.5 Å². The van der Waals surface area contributed by atoms with Crippen molar-refractivity contribution in [2.75, 3.05) is 147 Å². The molecule has 0 atom stereocenters. The molecule has 0 unspecified atom stereocenters. The minimum Gasteiger partial charge on any atom is -0.354 e. The van der Waals surface area contributed by atoms with E-state index in [4.69, 9.17) is 19.9 Å². The number of hydrogen-bond acceptors (Lipinski definition) is 18. The van der Waals surface area contributed by atoms with Crippen molar-refractivity contribution < 1.29 is 9.59 Å². The standard InChI is InChI=1S/C60H90N18O2/c1-11-75(12-2)39-19-35-61-55-69-56(62-36-20-40-76(13-3)14-4)72-59(71-55)67-47-29-25-45(26-30-47)65-53(79)49-33-23-43(9)51-44(10)24-34-50(52(49)51)54(80)66-46-27-31-48(32-28-46)68-60-73-57(63-37-21-41-77(15-5)16-6)70-58(74-60)64-38-22-42-78(17-7)18-8/h23-34H,11-22,35-42H2,1-10H3,(H,65,79)(H,66,80)(H3,61,62,67,69,71,72)(H3,63,64,68,70,73,74). The largest absolute Gasteiger partial charge is 0.354 e. The SMILES string of the molecule is CCN(CC)CCCNc1nc(NCCCN(CC)CC)nc(Nc2ccc(NC(=O)c3ccc(C)c4c(C)ccc(C(=O)Nc5ccc(Nc6nc(NCCCN(CC)CC)nc(NCCCN(CC)CC)n6)cc5)c34)cc2)n1. The Labute approximate surface area is 475 Å². The zero-order chi connectivity index (χ0) is 57.2. The van der Waals surface area contributed by atoms with Gasteiger partial charge in [-0.1, -0.05) is 67.5 Å². The summed E-state index contributed by atoms with van der Waals surface area (Å²) in [6, 6.07) is 22.2. The molecule has 6 rings (SSSR count). The van der Waals surface area contributed by atoms with Crippen LogP contribution in [0.15, 0.2) is 72.8 Å². The molecule has 6 aromatic rings. The van der Waals surface area contributed by atoms with Gasteiger partial charge in [0, 0.05) is 65.4 Å². The van der Waals surface area contributed by atoms with Crippen LogP contribution in [-0.4, -0.2) is 166 Å². The van der Waals surface area contributed by atoms with Crippen molar-refractivity contribution in [2.45, 2.75) is 94.9 Å². The van der Waals surface area contributed by atoms with E-state index in [0.717, 1.165) is 158 Å². The first-order valence-electron chi connectivity index (χ1n) is 29.2. The smallest absolute Gasteiger partial charge is 0.256 e. The van der Waals surface area contributed by atoms with Gasteiger partial charge in [-0.15, -0.1) is 0 Å². The molecule has 0 aliphatic rings. The second-order valence-corrected chi connectivity index (χ2v) is 19.8. The summed E-state index contributed by atoms with van der Waals surface area (Å²) in [5, 5.41) is 27.9. The van der Waals surface area contributed by atoms with E-state index in [1.54, 1.807) is 12.1 Å². The van der Waals surface area contributed by atoms with Crippen LogP contribution in [-0.2, 0) is 0 Å². The van der Waals surface area contributed by atoms with Gasteiger partial charge in [0.25, 0.3) is 11.8 Å². The number of aryl methyl sites for hydroxylation is 2. The number of fused-ring (bicyclic) bond motifs is 1. The van der Waals surface area contributed by atoms with Crippen LogP contribution in [0.4, 0.5) is 58.4 Å². The van der Waals surface area contributed by atoms with Gasteiger partial charge in [0.1, 0.15) is 0 Å². The van der Waals surface area contributed by atoms with Gasteiger partial charge in [0.15, 0.2) is 0 Å². The van der Waals surface area contributed by atoms with Crippen LogP contribution >= 0.6 is 0 Å². The second kappa shape index (κ2) is 32.7. The van der Waals surface area contributed by atoms with E-state index in [-0.39, 0.29) is 11.8 Å². The Bertz CT molecular complexity index is 2570. The predicted octanol–water partition coefficient (Wildman–Crippen LogP) is 10.4. The summed E-state index contributed by atoms with van der Waals surface area (Å²) in [4.78, 5) is 66.4. The minimum absolute atomic E-state index is 0.342. The number of carbonyl (C=O) groups is 2.